The third kappa shape index (κ3) is 3.38. The molecule has 2 rings (SSSR count). The lowest BCUT2D eigenvalue weighted by Gasteiger charge is -2.20. The summed E-state index contributed by atoms with van der Waals surface area (Å²) in [6, 6.07) is 9.07. The third-order valence-corrected chi connectivity index (χ3v) is 3.08. The topological polar surface area (TPSA) is 24.9 Å². The van der Waals surface area contributed by atoms with Crippen LogP contribution in [0.25, 0.3) is 0 Å². The maximum Gasteiger partial charge on any atom is 0.128 e. The Morgan fingerprint density at radius 3 is 2.79 bits per heavy atom. The van der Waals surface area contributed by atoms with Gasteiger partial charge in [-0.3, -0.25) is 4.98 Å². The second kappa shape index (κ2) is 6.43. The number of halogens is 1. The van der Waals surface area contributed by atoms with Gasteiger partial charge < -0.3 is 5.32 Å². The highest BCUT2D eigenvalue weighted by atomic mass is 19.1. The molecule has 0 spiro atoms. The molecule has 0 amide bonds. The third-order valence-electron chi connectivity index (χ3n) is 3.08. The van der Waals surface area contributed by atoms with Gasteiger partial charge in [-0.05, 0) is 43.1 Å². The highest BCUT2D eigenvalue weighted by Crippen LogP contribution is 2.24. The molecule has 0 aliphatic rings. The van der Waals surface area contributed by atoms with Crippen LogP contribution in [0.1, 0.15) is 36.1 Å². The molecule has 1 aromatic heterocycles. The summed E-state index contributed by atoms with van der Waals surface area (Å²) in [4.78, 5) is 4.12. The van der Waals surface area contributed by atoms with Crippen molar-refractivity contribution >= 4 is 0 Å². The Hall–Kier alpha value is -1.74. The van der Waals surface area contributed by atoms with E-state index in [4.69, 9.17) is 0 Å². The molecule has 0 fully saturated rings. The van der Waals surface area contributed by atoms with Gasteiger partial charge in [-0.2, -0.15) is 0 Å². The summed E-state index contributed by atoms with van der Waals surface area (Å²) in [5.41, 5.74) is 2.59. The molecule has 1 unspecified atom stereocenters. The molecule has 0 saturated carbocycles. The van der Waals surface area contributed by atoms with Crippen molar-refractivity contribution < 1.29 is 4.39 Å². The minimum absolute atomic E-state index is 0.144. The fourth-order valence-electron chi connectivity index (χ4n) is 2.11. The first kappa shape index (κ1) is 13.7. The lowest BCUT2D eigenvalue weighted by molar-refractivity contribution is 0.545. The van der Waals surface area contributed by atoms with Crippen LogP contribution in [0.15, 0.2) is 42.7 Å². The van der Waals surface area contributed by atoms with Gasteiger partial charge in [0.25, 0.3) is 0 Å². The first-order chi connectivity index (χ1) is 9.22. The molecule has 1 atom stereocenters. The van der Waals surface area contributed by atoms with Gasteiger partial charge >= 0.3 is 0 Å². The monoisotopic (exact) mass is 258 g/mol. The van der Waals surface area contributed by atoms with Crippen LogP contribution >= 0.6 is 0 Å². The Kier molecular flexibility index (Phi) is 4.63. The van der Waals surface area contributed by atoms with Crippen molar-refractivity contribution in [1.29, 1.82) is 0 Å². The van der Waals surface area contributed by atoms with E-state index in [1.54, 1.807) is 18.5 Å². The number of aromatic nitrogens is 1. The number of nitrogens with zero attached hydrogens (tertiary/aromatic N) is 1. The molecule has 0 bridgehead atoms. The zero-order chi connectivity index (χ0) is 13.7. The molecule has 0 radical (unpaired) electrons. The molecule has 19 heavy (non-hydrogen) atoms. The zero-order valence-electron chi connectivity index (χ0n) is 11.4. The Morgan fingerprint density at radius 1 is 1.32 bits per heavy atom. The highest BCUT2D eigenvalue weighted by Gasteiger charge is 2.17. The van der Waals surface area contributed by atoms with Crippen LogP contribution < -0.4 is 5.32 Å². The van der Waals surface area contributed by atoms with Crippen molar-refractivity contribution in [3.05, 3.63) is 65.2 Å². The number of pyridine rings is 1. The van der Waals surface area contributed by atoms with Crippen LogP contribution in [0.5, 0.6) is 0 Å². The molecular formula is C16H19FN2. The molecular weight excluding hydrogens is 239 g/mol. The molecule has 100 valence electrons. The van der Waals surface area contributed by atoms with Crippen molar-refractivity contribution in [2.75, 3.05) is 6.54 Å². The molecule has 3 heteroatoms. The van der Waals surface area contributed by atoms with E-state index < -0.39 is 0 Å². The Morgan fingerprint density at radius 2 is 2.16 bits per heavy atom. The van der Waals surface area contributed by atoms with Crippen molar-refractivity contribution in [2.45, 2.75) is 26.3 Å². The number of hydrogen-bond donors (Lipinski definition) is 1. The Balaban J connectivity index is 2.37. The first-order valence-corrected chi connectivity index (χ1v) is 6.61. The Bertz CT molecular complexity index is 526. The van der Waals surface area contributed by atoms with E-state index in [1.807, 2.05) is 31.2 Å². The molecule has 1 heterocycles. The number of hydrogen-bond acceptors (Lipinski definition) is 2. The van der Waals surface area contributed by atoms with Gasteiger partial charge in [0.1, 0.15) is 5.82 Å². The second-order valence-electron chi connectivity index (χ2n) is 4.70. The number of nitrogens with one attached hydrogen (secondary N) is 1. The summed E-state index contributed by atoms with van der Waals surface area (Å²) in [5, 5.41) is 3.38. The van der Waals surface area contributed by atoms with Crippen LogP contribution in [0, 0.1) is 12.7 Å². The van der Waals surface area contributed by atoms with Crippen LogP contribution in [-0.2, 0) is 0 Å². The summed E-state index contributed by atoms with van der Waals surface area (Å²) in [5.74, 6) is -0.169. The van der Waals surface area contributed by atoms with Gasteiger partial charge in [-0.1, -0.05) is 25.1 Å². The van der Waals surface area contributed by atoms with E-state index in [9.17, 15) is 4.39 Å². The molecule has 0 saturated heterocycles. The van der Waals surface area contributed by atoms with Gasteiger partial charge in [-0.15, -0.1) is 0 Å². The van der Waals surface area contributed by atoms with E-state index in [0.29, 0.717) is 5.56 Å². The zero-order valence-corrected chi connectivity index (χ0v) is 11.4. The van der Waals surface area contributed by atoms with E-state index >= 15 is 0 Å². The molecule has 0 aliphatic carbocycles. The molecule has 2 aromatic rings. The standard InChI is InChI=1S/C16H19FN2/c1-3-8-19-16(13-5-4-9-18-11-13)14-7-6-12(2)10-15(14)17/h4-7,9-11,16,19H,3,8H2,1-2H3. The van der Waals surface area contributed by atoms with Crippen LogP contribution in [0.4, 0.5) is 4.39 Å². The van der Waals surface area contributed by atoms with E-state index in [-0.39, 0.29) is 11.9 Å². The average molecular weight is 258 g/mol. The summed E-state index contributed by atoms with van der Waals surface area (Å²) < 4.78 is 14.2. The number of aryl methyl sites for hydroxylation is 1. The minimum atomic E-state index is -0.169. The smallest absolute Gasteiger partial charge is 0.128 e. The Labute approximate surface area is 113 Å². The molecule has 2 nitrogen and oxygen atoms in total. The van der Waals surface area contributed by atoms with E-state index in [0.717, 1.165) is 24.1 Å². The largest absolute Gasteiger partial charge is 0.306 e. The SMILES string of the molecule is CCCNC(c1cccnc1)c1ccc(C)cc1F. The molecule has 0 aliphatic heterocycles. The van der Waals surface area contributed by atoms with Crippen molar-refractivity contribution in [1.82, 2.24) is 10.3 Å². The lowest BCUT2D eigenvalue weighted by atomic mass is 9.98. The van der Waals surface area contributed by atoms with Gasteiger partial charge in [0.2, 0.25) is 0 Å². The van der Waals surface area contributed by atoms with E-state index in [2.05, 4.69) is 17.2 Å². The number of benzene rings is 1. The van der Waals surface area contributed by atoms with E-state index in [1.165, 1.54) is 0 Å². The van der Waals surface area contributed by atoms with Crippen LogP contribution in [0.3, 0.4) is 0 Å². The fraction of sp³-hybridized carbons (Fsp3) is 0.312. The lowest BCUT2D eigenvalue weighted by Crippen LogP contribution is -2.24. The van der Waals surface area contributed by atoms with Gasteiger partial charge in [0.15, 0.2) is 0 Å². The average Bonchev–Trinajstić information content (AvgIpc) is 2.42. The molecule has 1 aromatic carbocycles. The summed E-state index contributed by atoms with van der Waals surface area (Å²) >= 11 is 0. The maximum absolute atomic E-state index is 14.2. The maximum atomic E-state index is 14.2. The van der Waals surface area contributed by atoms with Crippen LogP contribution in [-0.4, -0.2) is 11.5 Å². The summed E-state index contributed by atoms with van der Waals surface area (Å²) in [7, 11) is 0. The van der Waals surface area contributed by atoms with Crippen molar-refractivity contribution in [3.63, 3.8) is 0 Å². The fourth-order valence-corrected chi connectivity index (χ4v) is 2.11. The normalized spacial score (nSPS) is 12.4. The molecule has 1 N–H and O–H groups in total. The van der Waals surface area contributed by atoms with Crippen molar-refractivity contribution in [2.24, 2.45) is 0 Å². The van der Waals surface area contributed by atoms with Gasteiger partial charge in [0.05, 0.1) is 6.04 Å². The highest BCUT2D eigenvalue weighted by molar-refractivity contribution is 5.33. The predicted molar refractivity (Wildman–Crippen MR) is 75.5 cm³/mol. The predicted octanol–water partition coefficient (Wildman–Crippen LogP) is 3.62. The second-order valence-corrected chi connectivity index (χ2v) is 4.70. The number of rotatable bonds is 5. The summed E-state index contributed by atoms with van der Waals surface area (Å²) in [6.45, 7) is 4.83. The van der Waals surface area contributed by atoms with Gasteiger partial charge in [-0.25, -0.2) is 4.39 Å². The van der Waals surface area contributed by atoms with Gasteiger partial charge in [0, 0.05) is 18.0 Å². The van der Waals surface area contributed by atoms with Crippen molar-refractivity contribution in [3.8, 4) is 0 Å². The summed E-state index contributed by atoms with van der Waals surface area (Å²) in [6.07, 6.45) is 4.52. The minimum Gasteiger partial charge on any atom is -0.306 e. The first-order valence-electron chi connectivity index (χ1n) is 6.61. The van der Waals surface area contributed by atoms with Crippen LogP contribution in [0.2, 0.25) is 0 Å². The quantitative estimate of drug-likeness (QED) is 0.886.